The second-order valence-corrected chi connectivity index (χ2v) is 4.01. The van der Waals surface area contributed by atoms with Gasteiger partial charge in [0.2, 0.25) is 0 Å². The third-order valence-electron chi connectivity index (χ3n) is 1.81. The van der Waals surface area contributed by atoms with Gasteiger partial charge >= 0.3 is 0 Å². The van der Waals surface area contributed by atoms with E-state index in [1.807, 2.05) is 12.3 Å². The number of rotatable bonds is 0. The number of phenolic OH excluding ortho intramolecular Hbond substituents is 1. The Kier molecular flexibility index (Phi) is 1.74. The van der Waals surface area contributed by atoms with Crippen molar-refractivity contribution < 1.29 is 5.11 Å². The van der Waals surface area contributed by atoms with E-state index in [-0.39, 0.29) is 5.75 Å². The maximum Gasteiger partial charge on any atom is 0.117 e. The van der Waals surface area contributed by atoms with E-state index in [0.717, 1.165) is 15.6 Å². The van der Waals surface area contributed by atoms with E-state index in [0.29, 0.717) is 5.02 Å². The van der Waals surface area contributed by atoms with Gasteiger partial charge in [-0.3, -0.25) is 0 Å². The number of halogens is 1. The molecule has 1 N–H and O–H groups in total. The van der Waals surface area contributed by atoms with Crippen molar-refractivity contribution in [3.63, 3.8) is 0 Å². The molecule has 62 valence electrons. The first kappa shape index (κ1) is 7.90. The number of phenols is 1. The Hall–Kier alpha value is -0.730. The van der Waals surface area contributed by atoms with Crippen LogP contribution in [0.4, 0.5) is 0 Å². The molecule has 2 aromatic rings. The molecule has 0 fully saturated rings. The lowest BCUT2D eigenvalue weighted by Crippen LogP contribution is -1.70. The van der Waals surface area contributed by atoms with Crippen LogP contribution < -0.4 is 0 Å². The summed E-state index contributed by atoms with van der Waals surface area (Å²) in [6.07, 6.45) is 0. The van der Waals surface area contributed by atoms with Crippen molar-refractivity contribution in [3.8, 4) is 5.75 Å². The fourth-order valence-electron chi connectivity index (χ4n) is 1.20. The summed E-state index contributed by atoms with van der Waals surface area (Å²) in [6, 6.07) is 3.31. The van der Waals surface area contributed by atoms with Crippen LogP contribution in [-0.2, 0) is 0 Å². The fraction of sp³-hybridized carbons (Fsp3) is 0.111. The lowest BCUT2D eigenvalue weighted by atomic mass is 10.2. The Labute approximate surface area is 79.2 Å². The molecule has 1 aromatic heterocycles. The minimum absolute atomic E-state index is 0.231. The summed E-state index contributed by atoms with van der Waals surface area (Å²) in [7, 11) is 0. The van der Waals surface area contributed by atoms with Crippen LogP contribution in [-0.4, -0.2) is 5.11 Å². The van der Waals surface area contributed by atoms with E-state index >= 15 is 0 Å². The first-order valence-corrected chi connectivity index (χ1v) is 4.80. The first-order valence-electron chi connectivity index (χ1n) is 3.55. The van der Waals surface area contributed by atoms with Gasteiger partial charge in [-0.15, -0.1) is 11.3 Å². The zero-order valence-electron chi connectivity index (χ0n) is 6.47. The van der Waals surface area contributed by atoms with Crippen LogP contribution in [0.15, 0.2) is 17.5 Å². The Morgan fingerprint density at radius 2 is 2.17 bits per heavy atom. The number of hydrogen-bond acceptors (Lipinski definition) is 2. The van der Waals surface area contributed by atoms with Crippen LogP contribution in [0.5, 0.6) is 5.75 Å². The normalized spacial score (nSPS) is 10.8. The summed E-state index contributed by atoms with van der Waals surface area (Å²) in [5.41, 5.74) is 1.16. The molecule has 12 heavy (non-hydrogen) atoms. The van der Waals surface area contributed by atoms with Crippen LogP contribution >= 0.6 is 22.9 Å². The van der Waals surface area contributed by atoms with Crippen molar-refractivity contribution >= 4 is 33.0 Å². The van der Waals surface area contributed by atoms with E-state index in [2.05, 4.69) is 0 Å². The molecule has 0 unspecified atom stereocenters. The summed E-state index contributed by atoms with van der Waals surface area (Å²) in [5, 5.41) is 13.0. The highest BCUT2D eigenvalue weighted by Gasteiger charge is 2.05. The van der Waals surface area contributed by atoms with Crippen LogP contribution in [0.25, 0.3) is 10.1 Å². The topological polar surface area (TPSA) is 20.2 Å². The van der Waals surface area contributed by atoms with Gasteiger partial charge in [-0.05, 0) is 30.0 Å². The van der Waals surface area contributed by atoms with E-state index in [9.17, 15) is 5.11 Å². The second-order valence-electron chi connectivity index (χ2n) is 2.72. The average molecular weight is 199 g/mol. The molecule has 0 saturated carbocycles. The highest BCUT2D eigenvalue weighted by atomic mass is 35.5. The molecule has 3 heteroatoms. The summed E-state index contributed by atoms with van der Waals surface area (Å²) in [6.45, 7) is 2.01. The monoisotopic (exact) mass is 198 g/mol. The molecule has 0 aliphatic carbocycles. The van der Waals surface area contributed by atoms with E-state index < -0.39 is 0 Å². The molecule has 1 aromatic carbocycles. The third-order valence-corrected chi connectivity index (χ3v) is 3.36. The molecule has 1 nitrogen and oxygen atoms in total. The van der Waals surface area contributed by atoms with Crippen molar-refractivity contribution in [2.75, 3.05) is 0 Å². The number of benzene rings is 1. The van der Waals surface area contributed by atoms with Gasteiger partial charge in [-0.1, -0.05) is 11.6 Å². The summed E-state index contributed by atoms with van der Waals surface area (Å²) in [4.78, 5) is 0. The predicted octanol–water partition coefficient (Wildman–Crippen LogP) is 3.57. The van der Waals surface area contributed by atoms with Gasteiger partial charge in [0.05, 0.1) is 9.72 Å². The molecule has 0 saturated heterocycles. The van der Waals surface area contributed by atoms with Gasteiger partial charge in [0.1, 0.15) is 5.75 Å². The van der Waals surface area contributed by atoms with Crippen LogP contribution in [0, 0.1) is 6.92 Å². The van der Waals surface area contributed by atoms with Gasteiger partial charge in [0.25, 0.3) is 0 Å². The van der Waals surface area contributed by atoms with Crippen molar-refractivity contribution in [1.29, 1.82) is 0 Å². The molecule has 2 rings (SSSR count). The Bertz CT molecular complexity index is 433. The first-order chi connectivity index (χ1) is 5.68. The van der Waals surface area contributed by atoms with Crippen molar-refractivity contribution in [3.05, 3.63) is 28.1 Å². The average Bonchev–Trinajstić information content (AvgIpc) is 2.33. The fourth-order valence-corrected chi connectivity index (χ4v) is 2.49. The second kappa shape index (κ2) is 2.64. The Morgan fingerprint density at radius 1 is 1.42 bits per heavy atom. The maximum absolute atomic E-state index is 9.27. The van der Waals surface area contributed by atoms with Gasteiger partial charge in [0.15, 0.2) is 0 Å². The number of hydrogen-bond donors (Lipinski definition) is 1. The zero-order chi connectivity index (χ0) is 8.72. The van der Waals surface area contributed by atoms with Crippen molar-refractivity contribution in [2.24, 2.45) is 0 Å². The molecule has 0 amide bonds. The van der Waals surface area contributed by atoms with E-state index in [1.54, 1.807) is 23.5 Å². The highest BCUT2D eigenvalue weighted by Crippen LogP contribution is 2.34. The van der Waals surface area contributed by atoms with Gasteiger partial charge in [-0.25, -0.2) is 0 Å². The van der Waals surface area contributed by atoms with E-state index in [4.69, 9.17) is 11.6 Å². The molecule has 0 aliphatic rings. The molecule has 1 heterocycles. The summed E-state index contributed by atoms with van der Waals surface area (Å²) < 4.78 is 1.05. The zero-order valence-corrected chi connectivity index (χ0v) is 8.04. The largest absolute Gasteiger partial charge is 0.508 e. The smallest absolute Gasteiger partial charge is 0.117 e. The van der Waals surface area contributed by atoms with Gasteiger partial charge in [0, 0.05) is 5.39 Å². The molecule has 0 atom stereocenters. The molecular formula is C9H7ClOS. The molecule has 0 aliphatic heterocycles. The van der Waals surface area contributed by atoms with Gasteiger partial charge < -0.3 is 5.11 Å². The van der Waals surface area contributed by atoms with Crippen molar-refractivity contribution in [1.82, 2.24) is 0 Å². The summed E-state index contributed by atoms with van der Waals surface area (Å²) in [5.74, 6) is 0.231. The van der Waals surface area contributed by atoms with Crippen LogP contribution in [0.1, 0.15) is 5.56 Å². The maximum atomic E-state index is 9.27. The van der Waals surface area contributed by atoms with Crippen LogP contribution in [0.3, 0.4) is 0 Å². The highest BCUT2D eigenvalue weighted by molar-refractivity contribution is 7.18. The molecular weight excluding hydrogens is 192 g/mol. The lowest BCUT2D eigenvalue weighted by molar-refractivity contribution is 0.476. The quantitative estimate of drug-likeness (QED) is 0.686. The van der Waals surface area contributed by atoms with Crippen LogP contribution in [0.2, 0.25) is 5.02 Å². The summed E-state index contributed by atoms with van der Waals surface area (Å²) >= 11 is 7.53. The third kappa shape index (κ3) is 1.08. The standard InChI is InChI=1S/C9H7ClOS/c1-5-4-12-9-7(5)2-6(11)3-8(9)10/h2-4,11H,1H3. The number of aromatic hydroxyl groups is 1. The Morgan fingerprint density at radius 3 is 2.92 bits per heavy atom. The minimum Gasteiger partial charge on any atom is -0.508 e. The van der Waals surface area contributed by atoms with Gasteiger partial charge in [-0.2, -0.15) is 0 Å². The SMILES string of the molecule is Cc1csc2c(Cl)cc(O)cc12. The minimum atomic E-state index is 0.231. The number of aryl methyl sites for hydroxylation is 1. The molecule has 0 spiro atoms. The lowest BCUT2D eigenvalue weighted by Gasteiger charge is -1.96. The predicted molar refractivity (Wildman–Crippen MR) is 53.2 cm³/mol. The van der Waals surface area contributed by atoms with Crippen molar-refractivity contribution in [2.45, 2.75) is 6.92 Å². The van der Waals surface area contributed by atoms with E-state index in [1.165, 1.54) is 0 Å². The Balaban J connectivity index is 2.92. The molecule has 0 bridgehead atoms. The number of thiophene rings is 1. The number of fused-ring (bicyclic) bond motifs is 1. The molecule has 0 radical (unpaired) electrons.